The Balaban J connectivity index is 1.46. The average molecular weight is 315 g/mol. The van der Waals surface area contributed by atoms with Gasteiger partial charge in [0.05, 0.1) is 12.7 Å². The molecule has 0 radical (unpaired) electrons. The molecule has 0 aliphatic heterocycles. The summed E-state index contributed by atoms with van der Waals surface area (Å²) in [5.74, 6) is 1.78. The van der Waals surface area contributed by atoms with E-state index < -0.39 is 0 Å². The molecule has 1 aromatic carbocycles. The van der Waals surface area contributed by atoms with E-state index >= 15 is 0 Å². The summed E-state index contributed by atoms with van der Waals surface area (Å²) in [6, 6.07) is 6.77. The van der Waals surface area contributed by atoms with Gasteiger partial charge in [-0.2, -0.15) is 0 Å². The minimum absolute atomic E-state index is 0.155. The fourth-order valence-electron chi connectivity index (χ4n) is 4.70. The number of rotatable bonds is 4. The van der Waals surface area contributed by atoms with Gasteiger partial charge >= 0.3 is 0 Å². The Morgan fingerprint density at radius 2 is 1.96 bits per heavy atom. The normalized spacial score (nSPS) is 33.5. The van der Waals surface area contributed by atoms with Crippen LogP contribution in [0.4, 0.5) is 0 Å². The van der Waals surface area contributed by atoms with Gasteiger partial charge in [-0.25, -0.2) is 0 Å². The summed E-state index contributed by atoms with van der Waals surface area (Å²) in [6.07, 6.45) is 10.2. The fraction of sp³-hybridized carbons (Fsp3) is 0.700. The van der Waals surface area contributed by atoms with Gasteiger partial charge in [0.25, 0.3) is 0 Å². The van der Waals surface area contributed by atoms with Crippen molar-refractivity contribution in [3.8, 4) is 5.75 Å². The number of nitrogens with two attached hydrogens (primary N) is 1. The van der Waals surface area contributed by atoms with E-state index in [-0.39, 0.29) is 11.5 Å². The summed E-state index contributed by atoms with van der Waals surface area (Å²) in [5, 5.41) is 0. The number of fused-ring (bicyclic) bond motifs is 1. The first kappa shape index (κ1) is 15.5. The van der Waals surface area contributed by atoms with Crippen LogP contribution in [0.25, 0.3) is 0 Å². The molecule has 0 bridgehead atoms. The van der Waals surface area contributed by atoms with Crippen molar-refractivity contribution in [1.82, 2.24) is 0 Å². The lowest BCUT2D eigenvalue weighted by Gasteiger charge is -2.40. The number of methoxy groups -OCH3 is 1. The summed E-state index contributed by atoms with van der Waals surface area (Å²) < 4.78 is 11.6. The molecule has 2 saturated carbocycles. The van der Waals surface area contributed by atoms with Gasteiger partial charge in [0.15, 0.2) is 0 Å². The predicted octanol–water partition coefficient (Wildman–Crippen LogP) is 4.00. The van der Waals surface area contributed by atoms with Gasteiger partial charge in [0.1, 0.15) is 5.75 Å². The lowest BCUT2D eigenvalue weighted by Crippen LogP contribution is -2.37. The van der Waals surface area contributed by atoms with E-state index in [4.69, 9.17) is 15.2 Å². The van der Waals surface area contributed by atoms with Gasteiger partial charge in [0.2, 0.25) is 0 Å². The SMILES string of the molecule is CO[C@H]1CC[C@]2(CC1)Cc1ccc(OCC3CCC3)cc1C2N. The molecular formula is C20H29NO2. The highest BCUT2D eigenvalue weighted by molar-refractivity contribution is 5.43. The zero-order valence-corrected chi connectivity index (χ0v) is 14.2. The second-order valence-corrected chi connectivity index (χ2v) is 7.92. The van der Waals surface area contributed by atoms with Crippen LogP contribution in [0.2, 0.25) is 0 Å². The molecule has 2 N–H and O–H groups in total. The van der Waals surface area contributed by atoms with Crippen LogP contribution in [0, 0.1) is 11.3 Å². The second kappa shape index (κ2) is 6.10. The maximum atomic E-state index is 6.71. The summed E-state index contributed by atoms with van der Waals surface area (Å²) in [4.78, 5) is 0. The van der Waals surface area contributed by atoms with Crippen molar-refractivity contribution in [3.63, 3.8) is 0 Å². The molecule has 0 aromatic heterocycles. The smallest absolute Gasteiger partial charge is 0.119 e. The van der Waals surface area contributed by atoms with Crippen molar-refractivity contribution in [2.45, 2.75) is 63.5 Å². The lowest BCUT2D eigenvalue weighted by molar-refractivity contribution is 0.0207. The molecule has 0 saturated heterocycles. The Bertz CT molecular complexity index is 559. The summed E-state index contributed by atoms with van der Waals surface area (Å²) >= 11 is 0. The molecule has 1 unspecified atom stereocenters. The van der Waals surface area contributed by atoms with Crippen LogP contribution in [0.15, 0.2) is 18.2 Å². The molecule has 2 fully saturated rings. The molecule has 1 aromatic rings. The average Bonchev–Trinajstić information content (AvgIpc) is 2.79. The van der Waals surface area contributed by atoms with Crippen LogP contribution in [-0.2, 0) is 11.2 Å². The Hall–Kier alpha value is -1.06. The minimum Gasteiger partial charge on any atom is -0.493 e. The first-order valence-electron chi connectivity index (χ1n) is 9.24. The monoisotopic (exact) mass is 315 g/mol. The predicted molar refractivity (Wildman–Crippen MR) is 91.6 cm³/mol. The third-order valence-electron chi connectivity index (χ3n) is 6.63. The van der Waals surface area contributed by atoms with Crippen LogP contribution >= 0.6 is 0 Å². The van der Waals surface area contributed by atoms with Crippen molar-refractivity contribution >= 4 is 0 Å². The molecule has 4 rings (SSSR count). The summed E-state index contributed by atoms with van der Waals surface area (Å²) in [6.45, 7) is 0.870. The Kier molecular flexibility index (Phi) is 4.10. The molecule has 126 valence electrons. The fourth-order valence-corrected chi connectivity index (χ4v) is 4.70. The zero-order chi connectivity index (χ0) is 15.9. The quantitative estimate of drug-likeness (QED) is 0.913. The molecular weight excluding hydrogens is 286 g/mol. The molecule has 3 nitrogen and oxygen atoms in total. The van der Waals surface area contributed by atoms with Crippen molar-refractivity contribution in [1.29, 1.82) is 0 Å². The lowest BCUT2D eigenvalue weighted by atomic mass is 9.69. The third-order valence-corrected chi connectivity index (χ3v) is 6.63. The van der Waals surface area contributed by atoms with E-state index in [1.807, 2.05) is 7.11 Å². The number of hydrogen-bond donors (Lipinski definition) is 1. The standard InChI is InChI=1S/C20H29NO2/c1-22-16-7-9-20(10-8-16)12-15-5-6-17(11-18(15)19(20)21)23-13-14-3-2-4-14/h5-6,11,14,16,19H,2-4,7-10,12-13,21H2,1H3/t16-,19?,20-. The molecule has 23 heavy (non-hydrogen) atoms. The highest BCUT2D eigenvalue weighted by atomic mass is 16.5. The van der Waals surface area contributed by atoms with Crippen LogP contribution < -0.4 is 10.5 Å². The highest BCUT2D eigenvalue weighted by Crippen LogP contribution is 2.53. The van der Waals surface area contributed by atoms with E-state index in [0.29, 0.717) is 6.10 Å². The second-order valence-electron chi connectivity index (χ2n) is 7.92. The van der Waals surface area contributed by atoms with Gasteiger partial charge < -0.3 is 15.2 Å². The molecule has 0 amide bonds. The number of benzene rings is 1. The molecule has 3 heteroatoms. The number of ether oxygens (including phenoxy) is 2. The summed E-state index contributed by atoms with van der Waals surface area (Å²) in [5.41, 5.74) is 9.72. The van der Waals surface area contributed by atoms with Gasteiger partial charge in [0, 0.05) is 13.2 Å². The van der Waals surface area contributed by atoms with E-state index in [1.165, 1.54) is 43.2 Å². The van der Waals surface area contributed by atoms with Crippen LogP contribution in [0.1, 0.15) is 62.1 Å². The molecule has 1 spiro atoms. The zero-order valence-electron chi connectivity index (χ0n) is 14.2. The minimum atomic E-state index is 0.155. The van der Waals surface area contributed by atoms with Gasteiger partial charge in [-0.1, -0.05) is 12.5 Å². The van der Waals surface area contributed by atoms with Gasteiger partial charge in [-0.15, -0.1) is 0 Å². The van der Waals surface area contributed by atoms with E-state index in [2.05, 4.69) is 18.2 Å². The Morgan fingerprint density at radius 1 is 1.17 bits per heavy atom. The first-order chi connectivity index (χ1) is 11.2. The van der Waals surface area contributed by atoms with E-state index in [1.54, 1.807) is 0 Å². The molecule has 3 aliphatic rings. The van der Waals surface area contributed by atoms with E-state index in [0.717, 1.165) is 37.5 Å². The van der Waals surface area contributed by atoms with Crippen LogP contribution in [0.5, 0.6) is 5.75 Å². The Morgan fingerprint density at radius 3 is 2.61 bits per heavy atom. The van der Waals surface area contributed by atoms with Crippen LogP contribution in [-0.4, -0.2) is 19.8 Å². The van der Waals surface area contributed by atoms with Crippen molar-refractivity contribution < 1.29 is 9.47 Å². The van der Waals surface area contributed by atoms with Crippen LogP contribution in [0.3, 0.4) is 0 Å². The van der Waals surface area contributed by atoms with Crippen molar-refractivity contribution in [2.24, 2.45) is 17.1 Å². The van der Waals surface area contributed by atoms with Gasteiger partial charge in [-0.05, 0) is 79.5 Å². The maximum Gasteiger partial charge on any atom is 0.119 e. The largest absolute Gasteiger partial charge is 0.493 e. The summed E-state index contributed by atoms with van der Waals surface area (Å²) in [7, 11) is 1.83. The third kappa shape index (κ3) is 2.78. The molecule has 1 atom stereocenters. The van der Waals surface area contributed by atoms with Crippen molar-refractivity contribution in [2.75, 3.05) is 13.7 Å². The van der Waals surface area contributed by atoms with Gasteiger partial charge in [-0.3, -0.25) is 0 Å². The topological polar surface area (TPSA) is 44.5 Å². The highest BCUT2D eigenvalue weighted by Gasteiger charge is 2.46. The molecule has 3 aliphatic carbocycles. The van der Waals surface area contributed by atoms with Crippen molar-refractivity contribution in [3.05, 3.63) is 29.3 Å². The number of hydrogen-bond acceptors (Lipinski definition) is 3. The Labute approximate surface area is 139 Å². The maximum absolute atomic E-state index is 6.71. The molecule has 0 heterocycles. The first-order valence-corrected chi connectivity index (χ1v) is 9.24. The van der Waals surface area contributed by atoms with E-state index in [9.17, 15) is 0 Å².